The molecule has 0 saturated carbocycles. The van der Waals surface area contributed by atoms with E-state index in [0.29, 0.717) is 25.2 Å². The number of carbonyl (C=O) groups excluding carboxylic acids is 1. The van der Waals surface area contributed by atoms with Crippen molar-refractivity contribution < 1.29 is 9.53 Å². The minimum atomic E-state index is 0.203. The minimum absolute atomic E-state index is 0.203. The molecule has 4 heteroatoms. The molecule has 17 heavy (non-hydrogen) atoms. The first-order valence-corrected chi connectivity index (χ1v) is 6.73. The van der Waals surface area contributed by atoms with Crippen molar-refractivity contribution in [2.75, 3.05) is 19.8 Å². The van der Waals surface area contributed by atoms with E-state index in [4.69, 9.17) is 4.74 Å². The van der Waals surface area contributed by atoms with Crippen LogP contribution in [-0.2, 0) is 9.53 Å². The summed E-state index contributed by atoms with van der Waals surface area (Å²) in [6, 6.07) is 0.900. The third-order valence-corrected chi connectivity index (χ3v) is 3.90. The Labute approximate surface area is 104 Å². The van der Waals surface area contributed by atoms with Gasteiger partial charge < -0.3 is 15.0 Å². The molecular formula is C13H24N2O2. The van der Waals surface area contributed by atoms with Gasteiger partial charge >= 0.3 is 0 Å². The molecule has 2 saturated heterocycles. The molecule has 2 aliphatic rings. The van der Waals surface area contributed by atoms with Crippen molar-refractivity contribution in [1.82, 2.24) is 10.2 Å². The van der Waals surface area contributed by atoms with Gasteiger partial charge in [-0.15, -0.1) is 0 Å². The number of piperidine rings is 1. The van der Waals surface area contributed by atoms with Gasteiger partial charge in [-0.2, -0.15) is 0 Å². The van der Waals surface area contributed by atoms with Gasteiger partial charge in [0.15, 0.2) is 0 Å². The maximum atomic E-state index is 12.6. The molecule has 1 N–H and O–H groups in total. The van der Waals surface area contributed by atoms with Gasteiger partial charge in [0.2, 0.25) is 5.91 Å². The Morgan fingerprint density at radius 1 is 1.24 bits per heavy atom. The summed E-state index contributed by atoms with van der Waals surface area (Å²) in [7, 11) is 0. The second-order valence-electron chi connectivity index (χ2n) is 5.56. The lowest BCUT2D eigenvalue weighted by molar-refractivity contribution is -0.149. The molecule has 0 aromatic heterocycles. The van der Waals surface area contributed by atoms with Gasteiger partial charge in [-0.25, -0.2) is 0 Å². The zero-order valence-corrected chi connectivity index (χ0v) is 11.1. The molecule has 2 rings (SSSR count). The highest BCUT2D eigenvalue weighted by Gasteiger charge is 2.35. The summed E-state index contributed by atoms with van der Waals surface area (Å²) in [6.07, 6.45) is 1.94. The number of nitrogens with one attached hydrogen (secondary N) is 1. The molecule has 0 aliphatic carbocycles. The number of rotatable bonds is 1. The Hall–Kier alpha value is -0.610. The van der Waals surface area contributed by atoms with Crippen molar-refractivity contribution in [1.29, 1.82) is 0 Å². The molecule has 4 nitrogen and oxygen atoms in total. The molecule has 2 fully saturated rings. The quantitative estimate of drug-likeness (QED) is 0.744. The summed E-state index contributed by atoms with van der Waals surface area (Å²) in [5.74, 6) is 0.538. The van der Waals surface area contributed by atoms with Gasteiger partial charge in [0.05, 0.1) is 25.3 Å². The Bertz CT molecular complexity index is 273. The normalized spacial score (nSPS) is 39.1. The SMILES string of the molecule is CC1COCC(C)N1C(=O)[C@H]1CCN[C@@H](C)C1. The average Bonchev–Trinajstić information content (AvgIpc) is 2.28. The maximum absolute atomic E-state index is 12.6. The minimum Gasteiger partial charge on any atom is -0.377 e. The van der Waals surface area contributed by atoms with Crippen LogP contribution in [0.15, 0.2) is 0 Å². The second-order valence-corrected chi connectivity index (χ2v) is 5.56. The van der Waals surface area contributed by atoms with E-state index in [9.17, 15) is 4.79 Å². The predicted octanol–water partition coefficient (Wildman–Crippen LogP) is 1.01. The van der Waals surface area contributed by atoms with E-state index in [1.165, 1.54) is 0 Å². The third kappa shape index (κ3) is 2.80. The summed E-state index contributed by atoms with van der Waals surface area (Å²) in [5, 5.41) is 3.40. The number of morpholine rings is 1. The number of ether oxygens (including phenoxy) is 1. The number of hydrogen-bond acceptors (Lipinski definition) is 3. The monoisotopic (exact) mass is 240 g/mol. The first kappa shape index (κ1) is 12.8. The zero-order chi connectivity index (χ0) is 12.4. The van der Waals surface area contributed by atoms with Gasteiger partial charge in [0, 0.05) is 12.0 Å². The van der Waals surface area contributed by atoms with E-state index in [1.54, 1.807) is 0 Å². The fraction of sp³-hybridized carbons (Fsp3) is 0.923. The fourth-order valence-corrected chi connectivity index (χ4v) is 3.01. The molecule has 2 aliphatic heterocycles. The number of carbonyl (C=O) groups is 1. The zero-order valence-electron chi connectivity index (χ0n) is 11.1. The number of amides is 1. The summed E-state index contributed by atoms with van der Waals surface area (Å²) in [6.45, 7) is 8.64. The van der Waals surface area contributed by atoms with Crippen molar-refractivity contribution in [2.45, 2.75) is 51.7 Å². The Kier molecular flexibility index (Phi) is 4.05. The largest absolute Gasteiger partial charge is 0.377 e. The highest BCUT2D eigenvalue weighted by molar-refractivity contribution is 5.79. The molecule has 0 bridgehead atoms. The van der Waals surface area contributed by atoms with E-state index in [1.807, 2.05) is 4.90 Å². The van der Waals surface area contributed by atoms with Crippen LogP contribution in [0, 0.1) is 5.92 Å². The van der Waals surface area contributed by atoms with Crippen LogP contribution in [0.3, 0.4) is 0 Å². The highest BCUT2D eigenvalue weighted by atomic mass is 16.5. The molecule has 98 valence electrons. The van der Waals surface area contributed by atoms with Crippen molar-refractivity contribution >= 4 is 5.91 Å². The molecule has 0 aromatic carbocycles. The van der Waals surface area contributed by atoms with Crippen LogP contribution in [0.2, 0.25) is 0 Å². The average molecular weight is 240 g/mol. The molecule has 0 radical (unpaired) electrons. The molecule has 2 unspecified atom stereocenters. The van der Waals surface area contributed by atoms with E-state index in [0.717, 1.165) is 19.4 Å². The highest BCUT2D eigenvalue weighted by Crippen LogP contribution is 2.23. The van der Waals surface area contributed by atoms with Crippen molar-refractivity contribution in [3.05, 3.63) is 0 Å². The fourth-order valence-electron chi connectivity index (χ4n) is 3.01. The summed E-state index contributed by atoms with van der Waals surface area (Å²) in [4.78, 5) is 14.6. The predicted molar refractivity (Wildman–Crippen MR) is 66.8 cm³/mol. The van der Waals surface area contributed by atoms with Crippen LogP contribution in [0.5, 0.6) is 0 Å². The lowest BCUT2D eigenvalue weighted by Crippen LogP contribution is -2.55. The summed E-state index contributed by atoms with van der Waals surface area (Å²) >= 11 is 0. The van der Waals surface area contributed by atoms with Crippen molar-refractivity contribution in [3.8, 4) is 0 Å². The Morgan fingerprint density at radius 2 is 1.88 bits per heavy atom. The number of hydrogen-bond donors (Lipinski definition) is 1. The first-order chi connectivity index (χ1) is 8.09. The number of nitrogens with zero attached hydrogens (tertiary/aromatic N) is 1. The molecule has 0 aromatic rings. The van der Waals surface area contributed by atoms with E-state index in [2.05, 4.69) is 26.1 Å². The van der Waals surface area contributed by atoms with Gasteiger partial charge in [-0.1, -0.05) is 0 Å². The first-order valence-electron chi connectivity index (χ1n) is 6.73. The van der Waals surface area contributed by atoms with Gasteiger partial charge in [-0.05, 0) is 40.2 Å². The van der Waals surface area contributed by atoms with Crippen LogP contribution >= 0.6 is 0 Å². The third-order valence-electron chi connectivity index (χ3n) is 3.90. The van der Waals surface area contributed by atoms with Crippen molar-refractivity contribution in [3.63, 3.8) is 0 Å². The summed E-state index contributed by atoms with van der Waals surface area (Å²) < 4.78 is 5.48. The second kappa shape index (κ2) is 5.36. The van der Waals surface area contributed by atoms with Gasteiger partial charge in [0.25, 0.3) is 0 Å². The Morgan fingerprint density at radius 3 is 2.47 bits per heavy atom. The molecular weight excluding hydrogens is 216 g/mol. The smallest absolute Gasteiger partial charge is 0.226 e. The lowest BCUT2D eigenvalue weighted by atomic mass is 9.91. The van der Waals surface area contributed by atoms with Crippen LogP contribution in [0.1, 0.15) is 33.6 Å². The Balaban J connectivity index is 2.02. The van der Waals surface area contributed by atoms with Crippen LogP contribution < -0.4 is 5.32 Å². The molecule has 0 spiro atoms. The van der Waals surface area contributed by atoms with Gasteiger partial charge in [-0.3, -0.25) is 4.79 Å². The topological polar surface area (TPSA) is 41.6 Å². The van der Waals surface area contributed by atoms with E-state index < -0.39 is 0 Å². The van der Waals surface area contributed by atoms with E-state index >= 15 is 0 Å². The standard InChI is InChI=1S/C13H24N2O2/c1-9-6-12(4-5-14-9)13(16)15-10(2)7-17-8-11(15)3/h9-12,14H,4-8H2,1-3H3/t9-,10?,11?,12-/m0/s1. The summed E-state index contributed by atoms with van der Waals surface area (Å²) in [5.41, 5.74) is 0. The lowest BCUT2D eigenvalue weighted by Gasteiger charge is -2.42. The van der Waals surface area contributed by atoms with Crippen LogP contribution in [0.4, 0.5) is 0 Å². The van der Waals surface area contributed by atoms with Crippen LogP contribution in [0.25, 0.3) is 0 Å². The maximum Gasteiger partial charge on any atom is 0.226 e. The molecule has 1 amide bonds. The molecule has 2 heterocycles. The van der Waals surface area contributed by atoms with Gasteiger partial charge in [0.1, 0.15) is 0 Å². The van der Waals surface area contributed by atoms with E-state index in [-0.39, 0.29) is 18.0 Å². The van der Waals surface area contributed by atoms with Crippen LogP contribution in [-0.4, -0.2) is 48.7 Å². The molecule has 4 atom stereocenters. The van der Waals surface area contributed by atoms with Crippen molar-refractivity contribution in [2.24, 2.45) is 5.92 Å².